The van der Waals surface area contributed by atoms with E-state index in [1.54, 1.807) is 0 Å². The van der Waals surface area contributed by atoms with Crippen LogP contribution < -0.4 is 5.32 Å². The van der Waals surface area contributed by atoms with Gasteiger partial charge in [0.05, 0.1) is 6.33 Å². The van der Waals surface area contributed by atoms with Gasteiger partial charge in [-0.2, -0.15) is 0 Å². The lowest BCUT2D eigenvalue weighted by Crippen LogP contribution is -2.08. The predicted molar refractivity (Wildman–Crippen MR) is 100 cm³/mol. The van der Waals surface area contributed by atoms with Gasteiger partial charge in [-0.05, 0) is 31.4 Å². The lowest BCUT2D eigenvalue weighted by molar-refractivity contribution is 0.591. The molecule has 0 amide bonds. The SMILES string of the molecule is Clc1ccc2c3c(cccc13)C(=NCCCCCn1ccnc1)N2. The Morgan fingerprint density at radius 1 is 1.12 bits per heavy atom. The smallest absolute Gasteiger partial charge is 0.133 e. The van der Waals surface area contributed by atoms with Gasteiger partial charge in [-0.15, -0.1) is 0 Å². The Bertz CT molecular complexity index is 884. The van der Waals surface area contributed by atoms with E-state index in [0.29, 0.717) is 0 Å². The molecular formula is C19H19ClN4. The van der Waals surface area contributed by atoms with Crippen LogP contribution >= 0.6 is 11.6 Å². The lowest BCUT2D eigenvalue weighted by Gasteiger charge is -2.03. The number of benzene rings is 2. The number of imidazole rings is 1. The molecule has 0 fully saturated rings. The first-order valence-electron chi connectivity index (χ1n) is 8.32. The highest BCUT2D eigenvalue weighted by molar-refractivity contribution is 6.38. The van der Waals surface area contributed by atoms with Gasteiger partial charge in [0, 0.05) is 52.5 Å². The van der Waals surface area contributed by atoms with Crippen LogP contribution in [0.1, 0.15) is 24.8 Å². The molecule has 4 nitrogen and oxygen atoms in total. The van der Waals surface area contributed by atoms with E-state index in [1.165, 1.54) is 5.39 Å². The summed E-state index contributed by atoms with van der Waals surface area (Å²) in [6, 6.07) is 10.2. The van der Waals surface area contributed by atoms with Crippen LogP contribution in [0.3, 0.4) is 0 Å². The Hall–Kier alpha value is -2.33. The molecule has 122 valence electrons. The molecule has 1 aliphatic heterocycles. The molecular weight excluding hydrogens is 320 g/mol. The van der Waals surface area contributed by atoms with Gasteiger partial charge in [-0.3, -0.25) is 4.99 Å². The topological polar surface area (TPSA) is 42.2 Å². The summed E-state index contributed by atoms with van der Waals surface area (Å²) in [6.07, 6.45) is 9.10. The molecule has 0 bridgehead atoms. The molecule has 2 aromatic carbocycles. The molecule has 0 radical (unpaired) electrons. The average Bonchev–Trinajstić information content (AvgIpc) is 3.23. The first-order valence-corrected chi connectivity index (χ1v) is 8.69. The molecule has 0 aliphatic carbocycles. The van der Waals surface area contributed by atoms with Crippen molar-refractivity contribution >= 4 is 33.9 Å². The summed E-state index contributed by atoms with van der Waals surface area (Å²) in [5, 5.41) is 6.49. The van der Waals surface area contributed by atoms with Gasteiger partial charge >= 0.3 is 0 Å². The summed E-state index contributed by atoms with van der Waals surface area (Å²) in [7, 11) is 0. The lowest BCUT2D eigenvalue weighted by atomic mass is 10.1. The van der Waals surface area contributed by atoms with Gasteiger partial charge in [0.1, 0.15) is 5.84 Å². The fourth-order valence-electron chi connectivity index (χ4n) is 3.19. The molecule has 4 rings (SSSR count). The number of aliphatic imine (C=N–C) groups is 1. The molecule has 24 heavy (non-hydrogen) atoms. The van der Waals surface area contributed by atoms with E-state index in [2.05, 4.69) is 27.0 Å². The standard InChI is InChI=1S/C19H19ClN4/c20-16-7-8-17-18-14(16)5-4-6-15(18)19(23-17)22-9-2-1-3-11-24-12-10-21-13-24/h4-8,10,12-13H,1-3,9,11H2,(H,22,23). The third kappa shape index (κ3) is 2.89. The first kappa shape index (κ1) is 15.2. The number of hydrogen-bond donors (Lipinski definition) is 1. The zero-order chi connectivity index (χ0) is 16.4. The molecule has 1 aliphatic rings. The van der Waals surface area contributed by atoms with Crippen LogP contribution in [0.2, 0.25) is 5.02 Å². The number of aryl methyl sites for hydroxylation is 1. The van der Waals surface area contributed by atoms with Crippen LogP contribution in [0, 0.1) is 0 Å². The second kappa shape index (κ2) is 6.65. The van der Waals surface area contributed by atoms with Crippen molar-refractivity contribution in [3.05, 3.63) is 59.6 Å². The zero-order valence-corrected chi connectivity index (χ0v) is 14.1. The summed E-state index contributed by atoms with van der Waals surface area (Å²) in [5.41, 5.74) is 2.26. The third-order valence-corrected chi connectivity index (χ3v) is 4.73. The van der Waals surface area contributed by atoms with Crippen molar-refractivity contribution in [3.8, 4) is 0 Å². The van der Waals surface area contributed by atoms with Gasteiger partial charge in [-0.1, -0.05) is 29.8 Å². The maximum Gasteiger partial charge on any atom is 0.133 e. The molecule has 0 unspecified atom stereocenters. The molecule has 3 aromatic rings. The summed E-state index contributed by atoms with van der Waals surface area (Å²) < 4.78 is 2.12. The number of nitrogens with zero attached hydrogens (tertiary/aromatic N) is 3. The number of hydrogen-bond acceptors (Lipinski definition) is 2. The van der Waals surface area contributed by atoms with Crippen molar-refractivity contribution in [2.75, 3.05) is 11.9 Å². The Morgan fingerprint density at radius 2 is 2.08 bits per heavy atom. The molecule has 1 N–H and O–H groups in total. The van der Waals surface area contributed by atoms with Crippen molar-refractivity contribution < 1.29 is 0 Å². The average molecular weight is 339 g/mol. The summed E-state index contributed by atoms with van der Waals surface area (Å²) >= 11 is 6.31. The van der Waals surface area contributed by atoms with E-state index in [1.807, 2.05) is 36.9 Å². The van der Waals surface area contributed by atoms with E-state index >= 15 is 0 Å². The van der Waals surface area contributed by atoms with E-state index in [9.17, 15) is 0 Å². The number of unbranched alkanes of at least 4 members (excludes halogenated alkanes) is 2. The minimum absolute atomic E-state index is 0.790. The fourth-order valence-corrected chi connectivity index (χ4v) is 3.41. The van der Waals surface area contributed by atoms with Gasteiger partial charge in [0.2, 0.25) is 0 Å². The third-order valence-electron chi connectivity index (χ3n) is 4.40. The summed E-state index contributed by atoms with van der Waals surface area (Å²) in [5.74, 6) is 0.965. The molecule has 0 spiro atoms. The van der Waals surface area contributed by atoms with E-state index < -0.39 is 0 Å². The maximum absolute atomic E-state index is 6.31. The van der Waals surface area contributed by atoms with E-state index in [4.69, 9.17) is 16.6 Å². The second-order valence-corrected chi connectivity index (χ2v) is 6.45. The highest BCUT2D eigenvalue weighted by atomic mass is 35.5. The van der Waals surface area contributed by atoms with Crippen LogP contribution in [-0.4, -0.2) is 21.9 Å². The largest absolute Gasteiger partial charge is 0.339 e. The van der Waals surface area contributed by atoms with Gasteiger partial charge in [0.15, 0.2) is 0 Å². The van der Waals surface area contributed by atoms with Crippen molar-refractivity contribution in [2.45, 2.75) is 25.8 Å². The van der Waals surface area contributed by atoms with Crippen molar-refractivity contribution in [1.29, 1.82) is 0 Å². The Balaban J connectivity index is 1.38. The second-order valence-electron chi connectivity index (χ2n) is 6.04. The minimum atomic E-state index is 0.790. The highest BCUT2D eigenvalue weighted by Crippen LogP contribution is 2.36. The molecule has 0 saturated heterocycles. The monoisotopic (exact) mass is 338 g/mol. The van der Waals surface area contributed by atoms with E-state index in [0.717, 1.165) is 59.8 Å². The number of rotatable bonds is 6. The van der Waals surface area contributed by atoms with Gasteiger partial charge in [0.25, 0.3) is 0 Å². The first-order chi connectivity index (χ1) is 11.8. The maximum atomic E-state index is 6.31. The Labute approximate surface area is 146 Å². The van der Waals surface area contributed by atoms with Crippen LogP contribution in [0.5, 0.6) is 0 Å². The fraction of sp³-hybridized carbons (Fsp3) is 0.263. The minimum Gasteiger partial charge on any atom is -0.339 e. The van der Waals surface area contributed by atoms with Gasteiger partial charge in [-0.25, -0.2) is 4.98 Å². The number of nitrogens with one attached hydrogen (secondary N) is 1. The van der Waals surface area contributed by atoms with Crippen molar-refractivity contribution in [2.24, 2.45) is 4.99 Å². The molecule has 1 aromatic heterocycles. The molecule has 0 saturated carbocycles. The number of anilines is 1. The number of aromatic nitrogens is 2. The highest BCUT2D eigenvalue weighted by Gasteiger charge is 2.20. The molecule has 2 heterocycles. The number of amidine groups is 1. The van der Waals surface area contributed by atoms with Crippen LogP contribution in [0.15, 0.2) is 54.0 Å². The van der Waals surface area contributed by atoms with E-state index in [-0.39, 0.29) is 0 Å². The van der Waals surface area contributed by atoms with Crippen molar-refractivity contribution in [3.63, 3.8) is 0 Å². The molecule has 5 heteroatoms. The van der Waals surface area contributed by atoms with Crippen LogP contribution in [-0.2, 0) is 6.54 Å². The summed E-state index contributed by atoms with van der Waals surface area (Å²) in [4.78, 5) is 8.83. The van der Waals surface area contributed by atoms with Gasteiger partial charge < -0.3 is 9.88 Å². The van der Waals surface area contributed by atoms with Crippen molar-refractivity contribution in [1.82, 2.24) is 9.55 Å². The molecule has 0 atom stereocenters. The number of halogens is 1. The Morgan fingerprint density at radius 3 is 2.96 bits per heavy atom. The summed E-state index contributed by atoms with van der Waals surface area (Å²) in [6.45, 7) is 1.86. The normalized spacial score (nSPS) is 14.5. The predicted octanol–water partition coefficient (Wildman–Crippen LogP) is 4.73. The van der Waals surface area contributed by atoms with Crippen LogP contribution in [0.25, 0.3) is 10.8 Å². The zero-order valence-electron chi connectivity index (χ0n) is 13.4. The van der Waals surface area contributed by atoms with Crippen LogP contribution in [0.4, 0.5) is 5.69 Å². The Kier molecular flexibility index (Phi) is 4.22. The quantitative estimate of drug-likeness (QED) is 0.660.